The molecule has 0 spiro atoms. The van der Waals surface area contributed by atoms with Gasteiger partial charge < -0.3 is 10.6 Å². The maximum atomic E-state index is 4.75. The van der Waals surface area contributed by atoms with Gasteiger partial charge in [0, 0.05) is 30.8 Å². The number of rotatable bonds is 4. The third kappa shape index (κ3) is 4.22. The quantitative estimate of drug-likeness (QED) is 0.688. The highest BCUT2D eigenvalue weighted by Gasteiger charge is 2.12. The molecule has 0 atom stereocenters. The number of hydrogen-bond acceptors (Lipinski definition) is 6. The topological polar surface area (TPSA) is 62.2 Å². The normalized spacial score (nSPS) is 13.8. The van der Waals surface area contributed by atoms with Gasteiger partial charge in [-0.05, 0) is 61.5 Å². The van der Waals surface area contributed by atoms with Crippen molar-refractivity contribution in [3.05, 3.63) is 63.7 Å². The fourth-order valence-electron chi connectivity index (χ4n) is 3.25. The summed E-state index contributed by atoms with van der Waals surface area (Å²) in [7, 11) is 0. The van der Waals surface area contributed by atoms with Crippen LogP contribution in [0.1, 0.15) is 33.7 Å². The molecule has 0 aliphatic carbocycles. The average Bonchev–Trinajstić information content (AvgIpc) is 3.16. The number of guanidine groups is 1. The van der Waals surface area contributed by atoms with Crippen LogP contribution in [0.25, 0.3) is 11.4 Å². The fraction of sp³-hybridized carbons (Fsp3) is 0.318. The smallest absolute Gasteiger partial charge is 0.195 e. The molecule has 28 heavy (non-hydrogen) atoms. The average molecular weight is 392 g/mol. The summed E-state index contributed by atoms with van der Waals surface area (Å²) in [4.78, 5) is 9.26. The first-order valence-electron chi connectivity index (χ1n) is 9.63. The minimum Gasteiger partial charge on any atom is -0.356 e. The predicted octanol–water partition coefficient (Wildman–Crippen LogP) is 4.48. The molecular formula is C22H25N5S. The van der Waals surface area contributed by atoms with Crippen LogP contribution in [-0.4, -0.2) is 28.4 Å². The lowest BCUT2D eigenvalue weighted by molar-refractivity contribution is 0.740. The Labute approximate surface area is 170 Å². The molecule has 144 valence electrons. The summed E-state index contributed by atoms with van der Waals surface area (Å²) in [6.45, 7) is 8.23. The van der Waals surface area contributed by atoms with Gasteiger partial charge in [0.25, 0.3) is 0 Å². The van der Waals surface area contributed by atoms with E-state index in [2.05, 4.69) is 77.2 Å². The lowest BCUT2D eigenvalue weighted by Gasteiger charge is -2.18. The second-order valence-electron chi connectivity index (χ2n) is 7.28. The van der Waals surface area contributed by atoms with Gasteiger partial charge in [0.2, 0.25) is 0 Å². The number of hydrogen-bond donors (Lipinski definition) is 2. The SMILES string of the molecule is Cc1ccc(-c2nsc(Cc3cc(C)c(NC4=NCCCN4)cc3C)n2)cc1. The van der Waals surface area contributed by atoms with Gasteiger partial charge in [-0.1, -0.05) is 35.9 Å². The van der Waals surface area contributed by atoms with Crippen LogP contribution >= 0.6 is 11.5 Å². The van der Waals surface area contributed by atoms with E-state index in [1.165, 1.54) is 33.8 Å². The largest absolute Gasteiger partial charge is 0.356 e. The maximum Gasteiger partial charge on any atom is 0.195 e. The summed E-state index contributed by atoms with van der Waals surface area (Å²) in [6, 6.07) is 12.8. The summed E-state index contributed by atoms with van der Waals surface area (Å²) in [5.74, 6) is 1.68. The van der Waals surface area contributed by atoms with Crippen molar-refractivity contribution in [2.24, 2.45) is 4.99 Å². The second-order valence-corrected chi connectivity index (χ2v) is 8.12. The van der Waals surface area contributed by atoms with E-state index in [0.29, 0.717) is 0 Å². The monoisotopic (exact) mass is 391 g/mol. The van der Waals surface area contributed by atoms with Gasteiger partial charge in [0.15, 0.2) is 11.8 Å². The molecule has 0 bridgehead atoms. The van der Waals surface area contributed by atoms with Crippen molar-refractivity contribution in [3.63, 3.8) is 0 Å². The van der Waals surface area contributed by atoms with E-state index in [1.807, 2.05) is 0 Å². The van der Waals surface area contributed by atoms with Crippen molar-refractivity contribution in [1.82, 2.24) is 14.7 Å². The highest BCUT2D eigenvalue weighted by atomic mass is 32.1. The Morgan fingerprint density at radius 3 is 2.64 bits per heavy atom. The molecule has 6 heteroatoms. The zero-order valence-corrected chi connectivity index (χ0v) is 17.4. The van der Waals surface area contributed by atoms with Crippen LogP contribution in [0.3, 0.4) is 0 Å². The molecule has 1 aliphatic heterocycles. The van der Waals surface area contributed by atoms with Crippen LogP contribution in [0.5, 0.6) is 0 Å². The number of aromatic nitrogens is 2. The Morgan fingerprint density at radius 2 is 1.89 bits per heavy atom. The Balaban J connectivity index is 1.51. The van der Waals surface area contributed by atoms with Gasteiger partial charge >= 0.3 is 0 Å². The number of aryl methyl sites for hydroxylation is 3. The highest BCUT2D eigenvalue weighted by molar-refractivity contribution is 7.05. The van der Waals surface area contributed by atoms with Crippen LogP contribution in [0, 0.1) is 20.8 Å². The van der Waals surface area contributed by atoms with Crippen LogP contribution in [0.15, 0.2) is 41.4 Å². The summed E-state index contributed by atoms with van der Waals surface area (Å²) < 4.78 is 4.55. The molecule has 2 heterocycles. The fourth-order valence-corrected chi connectivity index (χ4v) is 3.94. The number of anilines is 1. The molecular weight excluding hydrogens is 366 g/mol. The van der Waals surface area contributed by atoms with Gasteiger partial charge in [-0.25, -0.2) is 4.98 Å². The first-order chi connectivity index (χ1) is 13.6. The van der Waals surface area contributed by atoms with E-state index < -0.39 is 0 Å². The molecule has 0 fully saturated rings. The number of nitrogens with one attached hydrogen (secondary N) is 2. The molecule has 0 saturated carbocycles. The predicted molar refractivity (Wildman–Crippen MR) is 117 cm³/mol. The Hall–Kier alpha value is -2.73. The van der Waals surface area contributed by atoms with E-state index in [1.54, 1.807) is 0 Å². The molecule has 2 N–H and O–H groups in total. The molecule has 4 rings (SSSR count). The van der Waals surface area contributed by atoms with Crippen molar-refractivity contribution in [2.75, 3.05) is 18.4 Å². The van der Waals surface area contributed by atoms with Crippen molar-refractivity contribution in [2.45, 2.75) is 33.6 Å². The maximum absolute atomic E-state index is 4.75. The minimum absolute atomic E-state index is 0.801. The first kappa shape index (κ1) is 18.6. The van der Waals surface area contributed by atoms with E-state index in [-0.39, 0.29) is 0 Å². The van der Waals surface area contributed by atoms with E-state index >= 15 is 0 Å². The molecule has 0 radical (unpaired) electrons. The van der Waals surface area contributed by atoms with Gasteiger partial charge in [-0.2, -0.15) is 4.37 Å². The van der Waals surface area contributed by atoms with E-state index in [9.17, 15) is 0 Å². The van der Waals surface area contributed by atoms with Gasteiger partial charge in [-0.15, -0.1) is 0 Å². The molecule has 0 unspecified atom stereocenters. The van der Waals surface area contributed by atoms with Crippen LogP contribution in [0.2, 0.25) is 0 Å². The Bertz CT molecular complexity index is 1000. The molecule has 1 aromatic heterocycles. The molecule has 5 nitrogen and oxygen atoms in total. The summed E-state index contributed by atoms with van der Waals surface area (Å²) in [6.07, 6.45) is 1.89. The van der Waals surface area contributed by atoms with Crippen molar-refractivity contribution < 1.29 is 0 Å². The standard InChI is InChI=1S/C22H25N5S/c1-14-5-7-17(8-6-14)21-26-20(28-27-21)13-18-11-16(3)19(12-15(18)2)25-22-23-9-4-10-24-22/h5-8,11-12H,4,9-10,13H2,1-3H3,(H2,23,24,25). The van der Waals surface area contributed by atoms with E-state index in [0.717, 1.165) is 54.0 Å². The van der Waals surface area contributed by atoms with Gasteiger partial charge in [0.05, 0.1) is 0 Å². The van der Waals surface area contributed by atoms with Crippen LogP contribution in [0.4, 0.5) is 5.69 Å². The van der Waals surface area contributed by atoms with Crippen LogP contribution in [-0.2, 0) is 6.42 Å². The lowest BCUT2D eigenvalue weighted by Crippen LogP contribution is -2.35. The van der Waals surface area contributed by atoms with Gasteiger partial charge in [-0.3, -0.25) is 4.99 Å². The first-order valence-corrected chi connectivity index (χ1v) is 10.4. The summed E-state index contributed by atoms with van der Waals surface area (Å²) in [5.41, 5.74) is 7.16. The number of benzene rings is 2. The minimum atomic E-state index is 0.801. The molecule has 0 saturated heterocycles. The Morgan fingerprint density at radius 1 is 1.07 bits per heavy atom. The van der Waals surface area contributed by atoms with Crippen molar-refractivity contribution in [1.29, 1.82) is 0 Å². The third-order valence-electron chi connectivity index (χ3n) is 4.95. The molecule has 3 aromatic rings. The van der Waals surface area contributed by atoms with Crippen molar-refractivity contribution >= 4 is 23.2 Å². The zero-order valence-electron chi connectivity index (χ0n) is 16.5. The Kier molecular flexibility index (Phi) is 5.39. The third-order valence-corrected chi connectivity index (χ3v) is 5.66. The second kappa shape index (κ2) is 8.10. The summed E-state index contributed by atoms with van der Waals surface area (Å²) in [5, 5.41) is 7.78. The van der Waals surface area contributed by atoms with Gasteiger partial charge in [0.1, 0.15) is 5.01 Å². The molecule has 2 aromatic carbocycles. The molecule has 1 aliphatic rings. The lowest BCUT2D eigenvalue weighted by atomic mass is 10.0. The highest BCUT2D eigenvalue weighted by Crippen LogP contribution is 2.25. The zero-order chi connectivity index (χ0) is 19.5. The number of aliphatic imine (C=N–C) groups is 1. The van der Waals surface area contributed by atoms with Crippen molar-refractivity contribution in [3.8, 4) is 11.4 Å². The molecule has 0 amide bonds. The van der Waals surface area contributed by atoms with E-state index in [4.69, 9.17) is 4.98 Å². The van der Waals surface area contributed by atoms with Crippen LogP contribution < -0.4 is 10.6 Å². The number of nitrogens with zero attached hydrogens (tertiary/aromatic N) is 3. The summed E-state index contributed by atoms with van der Waals surface area (Å²) >= 11 is 1.48.